The van der Waals surface area contributed by atoms with Gasteiger partial charge in [0.1, 0.15) is 0 Å². The molecular formula is C16H18IN. The molecule has 0 heterocycles. The smallest absolute Gasteiger partial charge is 0.0579 e. The molecule has 0 aromatic heterocycles. The molecule has 0 bridgehead atoms. The molecule has 0 saturated carbocycles. The van der Waals surface area contributed by atoms with Crippen molar-refractivity contribution in [3.63, 3.8) is 0 Å². The maximum atomic E-state index is 3.58. The summed E-state index contributed by atoms with van der Waals surface area (Å²) >= 11 is 2.37. The lowest BCUT2D eigenvalue weighted by molar-refractivity contribution is 0.627. The summed E-state index contributed by atoms with van der Waals surface area (Å²) in [4.78, 5) is 0. The maximum Gasteiger partial charge on any atom is 0.0579 e. The number of nitrogens with one attached hydrogen (secondary N) is 1. The van der Waals surface area contributed by atoms with Crippen LogP contribution in [0.15, 0.2) is 48.5 Å². The second kappa shape index (κ2) is 6.34. The van der Waals surface area contributed by atoms with E-state index in [1.807, 2.05) is 0 Å². The van der Waals surface area contributed by atoms with Gasteiger partial charge in [-0.3, -0.25) is 0 Å². The van der Waals surface area contributed by atoms with E-state index in [9.17, 15) is 0 Å². The highest BCUT2D eigenvalue weighted by molar-refractivity contribution is 14.1. The van der Waals surface area contributed by atoms with Crippen molar-refractivity contribution in [2.24, 2.45) is 0 Å². The molecule has 0 spiro atoms. The molecule has 2 rings (SSSR count). The molecule has 94 valence electrons. The molecule has 2 heteroatoms. The quantitative estimate of drug-likeness (QED) is 0.810. The third kappa shape index (κ3) is 3.12. The zero-order valence-corrected chi connectivity index (χ0v) is 12.9. The molecule has 18 heavy (non-hydrogen) atoms. The third-order valence-electron chi connectivity index (χ3n) is 3.09. The highest BCUT2D eigenvalue weighted by Crippen LogP contribution is 2.25. The van der Waals surface area contributed by atoms with Crippen molar-refractivity contribution >= 4 is 22.6 Å². The first-order chi connectivity index (χ1) is 8.72. The van der Waals surface area contributed by atoms with Crippen LogP contribution in [0.1, 0.15) is 29.7 Å². The van der Waals surface area contributed by atoms with Crippen molar-refractivity contribution < 1.29 is 0 Å². The van der Waals surface area contributed by atoms with Crippen LogP contribution in [-0.2, 0) is 0 Å². The Bertz CT molecular complexity index is 522. The summed E-state index contributed by atoms with van der Waals surface area (Å²) in [7, 11) is 0. The van der Waals surface area contributed by atoms with Gasteiger partial charge in [-0.1, -0.05) is 43.3 Å². The van der Waals surface area contributed by atoms with Gasteiger partial charge in [0, 0.05) is 3.57 Å². The van der Waals surface area contributed by atoms with Gasteiger partial charge in [0.25, 0.3) is 0 Å². The van der Waals surface area contributed by atoms with Gasteiger partial charge in [-0.15, -0.1) is 0 Å². The van der Waals surface area contributed by atoms with Crippen molar-refractivity contribution in [2.75, 3.05) is 6.54 Å². The van der Waals surface area contributed by atoms with Crippen LogP contribution in [0.3, 0.4) is 0 Å². The van der Waals surface area contributed by atoms with E-state index < -0.39 is 0 Å². The molecule has 1 unspecified atom stereocenters. The summed E-state index contributed by atoms with van der Waals surface area (Å²) in [6.45, 7) is 5.29. The van der Waals surface area contributed by atoms with E-state index in [0.717, 1.165) is 6.54 Å². The highest BCUT2D eigenvalue weighted by atomic mass is 127. The van der Waals surface area contributed by atoms with E-state index >= 15 is 0 Å². The minimum atomic E-state index is 0.283. The van der Waals surface area contributed by atoms with Crippen LogP contribution in [0.4, 0.5) is 0 Å². The summed E-state index contributed by atoms with van der Waals surface area (Å²) in [5.74, 6) is 0. The number of hydrogen-bond donors (Lipinski definition) is 1. The summed E-state index contributed by atoms with van der Waals surface area (Å²) in [5.41, 5.74) is 4.03. The average Bonchev–Trinajstić information content (AvgIpc) is 2.37. The second-order valence-corrected chi connectivity index (χ2v) is 5.65. The zero-order chi connectivity index (χ0) is 13.0. The van der Waals surface area contributed by atoms with Crippen molar-refractivity contribution in [3.8, 4) is 0 Å². The number of aryl methyl sites for hydroxylation is 1. The number of hydrogen-bond acceptors (Lipinski definition) is 1. The highest BCUT2D eigenvalue weighted by Gasteiger charge is 2.14. The Morgan fingerprint density at radius 1 is 1.11 bits per heavy atom. The summed E-state index contributed by atoms with van der Waals surface area (Å²) in [6.07, 6.45) is 0. The first-order valence-corrected chi connectivity index (χ1v) is 7.34. The molecule has 2 aromatic carbocycles. The SMILES string of the molecule is CCNC(c1cccc(I)c1)c1ccccc1C. The van der Waals surface area contributed by atoms with Gasteiger partial charge in [-0.25, -0.2) is 0 Å². The van der Waals surface area contributed by atoms with Gasteiger partial charge in [0.15, 0.2) is 0 Å². The van der Waals surface area contributed by atoms with Crippen LogP contribution < -0.4 is 5.32 Å². The van der Waals surface area contributed by atoms with Crippen LogP contribution >= 0.6 is 22.6 Å². The maximum absolute atomic E-state index is 3.58. The molecule has 0 amide bonds. The van der Waals surface area contributed by atoms with Crippen LogP contribution in [0, 0.1) is 10.5 Å². The van der Waals surface area contributed by atoms with E-state index in [1.165, 1.54) is 20.3 Å². The van der Waals surface area contributed by atoms with E-state index in [2.05, 4.69) is 90.3 Å². The Morgan fingerprint density at radius 2 is 1.89 bits per heavy atom. The summed E-state index contributed by atoms with van der Waals surface area (Å²) in [6, 6.07) is 17.6. The Balaban J connectivity index is 2.43. The number of benzene rings is 2. The Labute approximate surface area is 123 Å². The first kappa shape index (κ1) is 13.6. The molecule has 0 radical (unpaired) electrons. The topological polar surface area (TPSA) is 12.0 Å². The fraction of sp³-hybridized carbons (Fsp3) is 0.250. The number of halogens is 1. The fourth-order valence-electron chi connectivity index (χ4n) is 2.21. The Hall–Kier alpha value is -0.870. The molecule has 0 aliphatic carbocycles. The predicted molar refractivity (Wildman–Crippen MR) is 85.9 cm³/mol. The predicted octanol–water partition coefficient (Wildman–Crippen LogP) is 4.30. The van der Waals surface area contributed by atoms with E-state index in [1.54, 1.807) is 0 Å². The zero-order valence-electron chi connectivity index (χ0n) is 10.8. The normalized spacial score (nSPS) is 12.4. The van der Waals surface area contributed by atoms with Crippen LogP contribution in [0.25, 0.3) is 0 Å². The Morgan fingerprint density at radius 3 is 2.56 bits per heavy atom. The van der Waals surface area contributed by atoms with Gasteiger partial charge in [0.2, 0.25) is 0 Å². The molecular weight excluding hydrogens is 333 g/mol. The van der Waals surface area contributed by atoms with Crippen LogP contribution in [-0.4, -0.2) is 6.54 Å². The standard InChI is InChI=1S/C16H18IN/c1-3-18-16(13-8-6-9-14(17)11-13)15-10-5-4-7-12(15)2/h4-11,16,18H,3H2,1-2H3. The van der Waals surface area contributed by atoms with Crippen molar-refractivity contribution in [2.45, 2.75) is 19.9 Å². The van der Waals surface area contributed by atoms with Gasteiger partial charge >= 0.3 is 0 Å². The lowest BCUT2D eigenvalue weighted by Crippen LogP contribution is -2.22. The lowest BCUT2D eigenvalue weighted by atomic mass is 9.95. The minimum absolute atomic E-state index is 0.283. The molecule has 0 fully saturated rings. The lowest BCUT2D eigenvalue weighted by Gasteiger charge is -2.21. The molecule has 1 atom stereocenters. The summed E-state index contributed by atoms with van der Waals surface area (Å²) < 4.78 is 1.28. The second-order valence-electron chi connectivity index (χ2n) is 4.40. The van der Waals surface area contributed by atoms with Gasteiger partial charge < -0.3 is 5.32 Å². The first-order valence-electron chi connectivity index (χ1n) is 6.26. The molecule has 0 aliphatic heterocycles. The van der Waals surface area contributed by atoms with Crippen molar-refractivity contribution in [1.29, 1.82) is 0 Å². The van der Waals surface area contributed by atoms with Gasteiger partial charge in [-0.2, -0.15) is 0 Å². The number of rotatable bonds is 4. The largest absolute Gasteiger partial charge is 0.307 e. The van der Waals surface area contributed by atoms with E-state index in [4.69, 9.17) is 0 Å². The average molecular weight is 351 g/mol. The molecule has 1 N–H and O–H groups in total. The molecule has 0 saturated heterocycles. The van der Waals surface area contributed by atoms with Crippen LogP contribution in [0.5, 0.6) is 0 Å². The molecule has 2 aromatic rings. The fourth-order valence-corrected chi connectivity index (χ4v) is 2.78. The summed E-state index contributed by atoms with van der Waals surface area (Å²) in [5, 5.41) is 3.58. The van der Waals surface area contributed by atoms with E-state index in [0.29, 0.717) is 0 Å². The van der Waals surface area contributed by atoms with Crippen molar-refractivity contribution in [1.82, 2.24) is 5.32 Å². The van der Waals surface area contributed by atoms with Crippen molar-refractivity contribution in [3.05, 3.63) is 68.8 Å². The molecule has 0 aliphatic rings. The minimum Gasteiger partial charge on any atom is -0.307 e. The van der Waals surface area contributed by atoms with E-state index in [-0.39, 0.29) is 6.04 Å². The monoisotopic (exact) mass is 351 g/mol. The molecule has 1 nitrogen and oxygen atoms in total. The van der Waals surface area contributed by atoms with Gasteiger partial charge in [-0.05, 0) is 64.9 Å². The Kier molecular flexibility index (Phi) is 4.78. The van der Waals surface area contributed by atoms with Crippen LogP contribution in [0.2, 0.25) is 0 Å². The van der Waals surface area contributed by atoms with Gasteiger partial charge in [0.05, 0.1) is 6.04 Å². The third-order valence-corrected chi connectivity index (χ3v) is 3.76.